The zero-order valence-corrected chi connectivity index (χ0v) is 8.98. The van der Waals surface area contributed by atoms with Gasteiger partial charge in [-0.05, 0) is 24.1 Å². The van der Waals surface area contributed by atoms with E-state index in [9.17, 15) is 14.1 Å². The van der Waals surface area contributed by atoms with Crippen molar-refractivity contribution in [2.45, 2.75) is 17.4 Å². The fourth-order valence-electron chi connectivity index (χ4n) is 1.17. The van der Waals surface area contributed by atoms with Gasteiger partial charge in [0.1, 0.15) is 16.7 Å². The van der Waals surface area contributed by atoms with Crippen LogP contribution in [-0.4, -0.2) is 31.0 Å². The average molecular weight is 245 g/mol. The standard InChI is InChI=1S/C9H11NO5S/c10-6(9(12)13)3-5-1-2-7(11)8(4-5)16(14)15/h1-2,4,6,11H,3,10H2,(H,12,13)(H,14,15)/t6-/m0/s1. The summed E-state index contributed by atoms with van der Waals surface area (Å²) in [6.45, 7) is 0. The maximum absolute atomic E-state index is 10.8. The Morgan fingerprint density at radius 3 is 2.62 bits per heavy atom. The van der Waals surface area contributed by atoms with Crippen molar-refractivity contribution >= 4 is 17.0 Å². The van der Waals surface area contributed by atoms with Crippen molar-refractivity contribution in [3.63, 3.8) is 0 Å². The number of nitrogens with two attached hydrogens (primary N) is 1. The van der Waals surface area contributed by atoms with Gasteiger partial charge in [0.2, 0.25) is 0 Å². The third-order valence-electron chi connectivity index (χ3n) is 1.99. The van der Waals surface area contributed by atoms with E-state index in [2.05, 4.69) is 0 Å². The Kier molecular flexibility index (Phi) is 3.99. The number of benzene rings is 1. The summed E-state index contributed by atoms with van der Waals surface area (Å²) in [5, 5.41) is 17.8. The highest BCUT2D eigenvalue weighted by Crippen LogP contribution is 2.21. The predicted molar refractivity (Wildman–Crippen MR) is 56.5 cm³/mol. The monoisotopic (exact) mass is 245 g/mol. The van der Waals surface area contributed by atoms with Gasteiger partial charge in [-0.25, -0.2) is 4.21 Å². The first-order chi connectivity index (χ1) is 7.41. The smallest absolute Gasteiger partial charge is 0.320 e. The quantitative estimate of drug-likeness (QED) is 0.551. The van der Waals surface area contributed by atoms with Crippen LogP contribution in [0.5, 0.6) is 5.75 Å². The highest BCUT2D eigenvalue weighted by atomic mass is 32.2. The molecule has 0 radical (unpaired) electrons. The second-order valence-electron chi connectivity index (χ2n) is 3.20. The molecule has 0 fully saturated rings. The van der Waals surface area contributed by atoms with Gasteiger partial charge < -0.3 is 20.5 Å². The number of phenols is 1. The Bertz CT molecular complexity index is 434. The first kappa shape index (κ1) is 12.6. The second-order valence-corrected chi connectivity index (χ2v) is 4.14. The molecule has 0 saturated heterocycles. The van der Waals surface area contributed by atoms with Gasteiger partial charge in [-0.1, -0.05) is 6.07 Å². The number of carbonyl (C=O) groups is 1. The molecule has 0 bridgehead atoms. The van der Waals surface area contributed by atoms with Gasteiger partial charge in [0, 0.05) is 0 Å². The minimum atomic E-state index is -2.31. The van der Waals surface area contributed by atoms with Crippen LogP contribution in [0.1, 0.15) is 5.56 Å². The van der Waals surface area contributed by atoms with Gasteiger partial charge in [-0.2, -0.15) is 0 Å². The van der Waals surface area contributed by atoms with Crippen LogP contribution in [0.4, 0.5) is 0 Å². The maximum atomic E-state index is 10.8. The van der Waals surface area contributed by atoms with Crippen LogP contribution in [0, 0.1) is 0 Å². The Morgan fingerprint density at radius 2 is 2.12 bits per heavy atom. The Morgan fingerprint density at radius 1 is 1.50 bits per heavy atom. The second kappa shape index (κ2) is 5.06. The highest BCUT2D eigenvalue weighted by Gasteiger charge is 2.14. The molecule has 1 unspecified atom stereocenters. The SMILES string of the molecule is N[C@@H](Cc1ccc(O)c(S(=O)O)c1)C(=O)O. The number of carboxylic acids is 1. The van der Waals surface area contributed by atoms with Gasteiger partial charge >= 0.3 is 5.97 Å². The summed E-state index contributed by atoms with van der Waals surface area (Å²) in [6, 6.07) is 2.86. The van der Waals surface area contributed by atoms with E-state index >= 15 is 0 Å². The Labute approximate surface area is 94.0 Å². The van der Waals surface area contributed by atoms with Crippen molar-refractivity contribution in [2.75, 3.05) is 0 Å². The molecule has 0 amide bonds. The molecule has 0 aliphatic heterocycles. The first-order valence-corrected chi connectivity index (χ1v) is 5.43. The van der Waals surface area contributed by atoms with Crippen molar-refractivity contribution in [3.05, 3.63) is 23.8 Å². The van der Waals surface area contributed by atoms with E-state index < -0.39 is 23.1 Å². The number of aliphatic carboxylic acids is 1. The van der Waals surface area contributed by atoms with E-state index in [1.165, 1.54) is 18.2 Å². The van der Waals surface area contributed by atoms with Crippen molar-refractivity contribution in [2.24, 2.45) is 5.73 Å². The maximum Gasteiger partial charge on any atom is 0.320 e. The Hall–Kier alpha value is -1.44. The lowest BCUT2D eigenvalue weighted by Gasteiger charge is -2.08. The van der Waals surface area contributed by atoms with Crippen LogP contribution in [0.15, 0.2) is 23.1 Å². The molecule has 7 heteroatoms. The zero-order valence-electron chi connectivity index (χ0n) is 8.16. The first-order valence-electron chi connectivity index (χ1n) is 4.33. The fraction of sp³-hybridized carbons (Fsp3) is 0.222. The molecule has 1 aromatic carbocycles. The third-order valence-corrected chi connectivity index (χ3v) is 2.69. The van der Waals surface area contributed by atoms with Crippen LogP contribution < -0.4 is 5.73 Å². The minimum absolute atomic E-state index is 0.0276. The molecule has 6 nitrogen and oxygen atoms in total. The van der Waals surface area contributed by atoms with E-state index in [1.54, 1.807) is 0 Å². The van der Waals surface area contributed by atoms with Gasteiger partial charge in [-0.3, -0.25) is 4.79 Å². The molecular weight excluding hydrogens is 234 g/mol. The van der Waals surface area contributed by atoms with Crippen LogP contribution >= 0.6 is 0 Å². The summed E-state index contributed by atoms with van der Waals surface area (Å²) in [5.74, 6) is -1.46. The fourth-order valence-corrected chi connectivity index (χ4v) is 1.67. The summed E-state index contributed by atoms with van der Waals surface area (Å²) in [4.78, 5) is 10.3. The number of rotatable bonds is 4. The molecular formula is C9H11NO5S. The number of aromatic hydroxyl groups is 1. The molecule has 0 aromatic heterocycles. The normalized spacial score (nSPS) is 14.4. The van der Waals surface area contributed by atoms with Gasteiger partial charge in [0.05, 0.1) is 0 Å². The third kappa shape index (κ3) is 3.02. The van der Waals surface area contributed by atoms with Gasteiger partial charge in [0.15, 0.2) is 11.1 Å². The molecule has 5 N–H and O–H groups in total. The molecule has 16 heavy (non-hydrogen) atoms. The van der Waals surface area contributed by atoms with Crippen LogP contribution in [0.3, 0.4) is 0 Å². The summed E-state index contributed by atoms with van der Waals surface area (Å²) in [7, 11) is 0. The van der Waals surface area contributed by atoms with E-state index in [-0.39, 0.29) is 17.1 Å². The van der Waals surface area contributed by atoms with Crippen molar-refractivity contribution in [1.82, 2.24) is 0 Å². The Balaban J connectivity index is 2.95. The number of hydrogen-bond acceptors (Lipinski definition) is 4. The topological polar surface area (TPSA) is 121 Å². The van der Waals surface area contributed by atoms with E-state index in [0.29, 0.717) is 5.56 Å². The average Bonchev–Trinajstić information content (AvgIpc) is 2.20. The summed E-state index contributed by atoms with van der Waals surface area (Å²) >= 11 is -2.31. The van der Waals surface area contributed by atoms with Crippen molar-refractivity contribution < 1.29 is 23.8 Å². The van der Waals surface area contributed by atoms with Crippen LogP contribution in [0.25, 0.3) is 0 Å². The molecule has 0 heterocycles. The van der Waals surface area contributed by atoms with E-state index in [4.69, 9.17) is 15.4 Å². The van der Waals surface area contributed by atoms with Gasteiger partial charge in [0.25, 0.3) is 0 Å². The summed E-state index contributed by atoms with van der Waals surface area (Å²) < 4.78 is 19.6. The zero-order chi connectivity index (χ0) is 12.3. The van der Waals surface area contributed by atoms with Crippen molar-refractivity contribution in [3.8, 4) is 5.75 Å². The minimum Gasteiger partial charge on any atom is -0.507 e. The molecule has 2 atom stereocenters. The lowest BCUT2D eigenvalue weighted by molar-refractivity contribution is -0.138. The molecule has 0 aliphatic carbocycles. The lowest BCUT2D eigenvalue weighted by atomic mass is 10.1. The predicted octanol–water partition coefficient (Wildman–Crippen LogP) is -0.0728. The highest BCUT2D eigenvalue weighted by molar-refractivity contribution is 7.79. The number of hydrogen-bond donors (Lipinski definition) is 4. The van der Waals surface area contributed by atoms with Crippen molar-refractivity contribution in [1.29, 1.82) is 0 Å². The molecule has 0 aliphatic rings. The molecule has 88 valence electrons. The van der Waals surface area contributed by atoms with Crippen LogP contribution in [-0.2, 0) is 22.3 Å². The van der Waals surface area contributed by atoms with Gasteiger partial charge in [-0.15, -0.1) is 0 Å². The number of phenolic OH excluding ortho intramolecular Hbond substituents is 1. The molecule has 1 rings (SSSR count). The molecule has 0 spiro atoms. The van der Waals surface area contributed by atoms with E-state index in [0.717, 1.165) is 0 Å². The summed E-state index contributed by atoms with van der Waals surface area (Å²) in [5.41, 5.74) is 5.79. The largest absolute Gasteiger partial charge is 0.507 e. The molecule has 0 saturated carbocycles. The summed E-state index contributed by atoms with van der Waals surface area (Å²) in [6.07, 6.45) is 0.0276. The number of carboxylic acid groups (broad SMARTS) is 1. The lowest BCUT2D eigenvalue weighted by Crippen LogP contribution is -2.32. The van der Waals surface area contributed by atoms with E-state index in [1.807, 2.05) is 0 Å². The molecule has 1 aromatic rings. The van der Waals surface area contributed by atoms with Crippen LogP contribution in [0.2, 0.25) is 0 Å².